The van der Waals surface area contributed by atoms with Crippen LogP contribution >= 0.6 is 0 Å². The van der Waals surface area contributed by atoms with Gasteiger partial charge in [-0.1, -0.05) is 0 Å². The minimum Gasteiger partial charge on any atom is -0.258 e. The van der Waals surface area contributed by atoms with Crippen LogP contribution in [-0.2, 0) is 0 Å². The highest BCUT2D eigenvalue weighted by Gasteiger charge is 2.19. The third kappa shape index (κ3) is 11.6. The number of benzene rings is 5. The molecule has 5 heterocycles. The highest BCUT2D eigenvalue weighted by molar-refractivity contribution is 5.97. The van der Waals surface area contributed by atoms with Crippen molar-refractivity contribution in [3.8, 4) is 0 Å². The van der Waals surface area contributed by atoms with Gasteiger partial charge in [0.1, 0.15) is 5.82 Å². The number of aryl methyl sites for hydroxylation is 22. The molecule has 10 aromatic rings. The summed E-state index contributed by atoms with van der Waals surface area (Å²) >= 11 is 0. The second-order valence-corrected chi connectivity index (χ2v) is 24.7. The summed E-state index contributed by atoms with van der Waals surface area (Å²) in [6.07, 6.45) is 0. The van der Waals surface area contributed by atoms with Crippen LogP contribution in [0, 0.1) is 228 Å². The van der Waals surface area contributed by atoms with Gasteiger partial charge in [0, 0.05) is 66.5 Å². The van der Waals surface area contributed by atoms with E-state index >= 15 is 0 Å². The summed E-state index contributed by atoms with van der Waals surface area (Å²) in [6, 6.07) is 0. The fourth-order valence-electron chi connectivity index (χ4n) is 13.0. The van der Waals surface area contributed by atoms with E-state index in [1.54, 1.807) is 0 Å². The van der Waals surface area contributed by atoms with E-state index < -0.39 is 0 Å². The van der Waals surface area contributed by atoms with Crippen molar-refractivity contribution in [3.63, 3.8) is 0 Å². The van der Waals surface area contributed by atoms with Crippen molar-refractivity contribution >= 4 is 54.1 Å². The monoisotopic (exact) mass is 1110 g/mol. The molecule has 0 unspecified atom stereocenters. The predicted molar refractivity (Wildman–Crippen MR) is 361 cm³/mol. The van der Waals surface area contributed by atoms with E-state index in [0.29, 0.717) is 0 Å². The zero-order valence-electron chi connectivity index (χ0n) is 57.6. The Morgan fingerprint density at radius 2 is 0.361 bits per heavy atom. The fraction of sp³-hybridized carbons (Fsp3) is 0.434. The highest BCUT2D eigenvalue weighted by Crippen LogP contribution is 2.37. The predicted octanol–water partition coefficient (Wildman–Crippen LogP) is 20.1. The molecule has 7 heteroatoms. The van der Waals surface area contributed by atoms with Gasteiger partial charge in [-0.3, -0.25) is 15.0 Å². The number of pyridine rings is 3. The Bertz CT molecular complexity index is 4120. The Kier molecular flexibility index (Phi) is 19.4. The fourth-order valence-corrected chi connectivity index (χ4v) is 13.0. The van der Waals surface area contributed by atoms with Crippen LogP contribution in [0.1, 0.15) is 185 Å². The Labute approximate surface area is 500 Å². The van der Waals surface area contributed by atoms with Crippen molar-refractivity contribution in [1.29, 1.82) is 0 Å². The molecule has 0 N–H and O–H groups in total. The van der Waals surface area contributed by atoms with Gasteiger partial charge >= 0.3 is 0 Å². The SMILES string of the molecule is Cc1c(C)c(C)c2c(C)nnc(C)c2c1C.Cc1nc(C)c2c(C)c(C)c(C)c(C)c2c1C.Cc1nc(C)c2c(C)c(C)c(C)c(C)c2c1C.Cc1nc(C)c2c(C)c(C)c(C)c(C)c2n1.Cc1nc2c(C)c(C)c(C)c(C)c2c(C)c1C. The Balaban J connectivity index is 0.000000167. The highest BCUT2D eigenvalue weighted by atomic mass is 15.1. The number of hydrogen-bond acceptors (Lipinski definition) is 7. The number of nitrogens with zero attached hydrogens (tertiary/aromatic N) is 7. The molecule has 0 amide bonds. The molecule has 0 saturated heterocycles. The van der Waals surface area contributed by atoms with Gasteiger partial charge in [-0.25, -0.2) is 9.97 Å². The normalized spacial score (nSPS) is 11.2. The topological polar surface area (TPSA) is 90.2 Å². The first-order valence-electron chi connectivity index (χ1n) is 29.9. The largest absolute Gasteiger partial charge is 0.258 e. The molecule has 0 saturated carbocycles. The second-order valence-electron chi connectivity index (χ2n) is 24.7. The van der Waals surface area contributed by atoms with Crippen LogP contribution in [0.5, 0.6) is 0 Å². The molecule has 0 bridgehead atoms. The number of rotatable bonds is 0. The summed E-state index contributed by atoms with van der Waals surface area (Å²) < 4.78 is 0. The molecule has 0 fully saturated rings. The first-order valence-corrected chi connectivity index (χ1v) is 29.9. The van der Waals surface area contributed by atoms with Crippen molar-refractivity contribution in [3.05, 3.63) is 185 Å². The van der Waals surface area contributed by atoms with Gasteiger partial charge in [-0.15, -0.1) is 0 Å². The smallest absolute Gasteiger partial charge is 0.126 e. The van der Waals surface area contributed by atoms with Crippen LogP contribution in [0.2, 0.25) is 0 Å². The van der Waals surface area contributed by atoms with Crippen LogP contribution < -0.4 is 0 Å². The van der Waals surface area contributed by atoms with Crippen LogP contribution in [0.3, 0.4) is 0 Å². The molecule has 0 aliphatic heterocycles. The molecule has 10 rings (SSSR count). The van der Waals surface area contributed by atoms with E-state index in [-0.39, 0.29) is 0 Å². The third-order valence-corrected chi connectivity index (χ3v) is 20.4. The minimum atomic E-state index is 0.857. The molecule has 5 aromatic heterocycles. The first-order chi connectivity index (χ1) is 38.5. The molecule has 0 atom stereocenters. The van der Waals surface area contributed by atoms with Crippen molar-refractivity contribution in [2.75, 3.05) is 0 Å². The third-order valence-electron chi connectivity index (χ3n) is 20.4. The molecule has 438 valence electrons. The van der Waals surface area contributed by atoms with E-state index in [4.69, 9.17) is 4.98 Å². The first kappa shape index (κ1) is 65.2. The molecule has 0 aliphatic carbocycles. The van der Waals surface area contributed by atoms with E-state index in [1.807, 2.05) is 20.8 Å². The molecule has 0 aliphatic rings. The maximum absolute atomic E-state index is 4.80. The van der Waals surface area contributed by atoms with E-state index in [9.17, 15) is 0 Å². The number of aromatic nitrogens is 7. The molecular weight excluding hydrogens is 1010 g/mol. The van der Waals surface area contributed by atoms with Crippen molar-refractivity contribution in [1.82, 2.24) is 35.1 Å². The molecule has 0 radical (unpaired) electrons. The van der Waals surface area contributed by atoms with Crippen LogP contribution in [0.15, 0.2) is 0 Å². The van der Waals surface area contributed by atoms with Gasteiger partial charge in [0.05, 0.1) is 22.4 Å². The summed E-state index contributed by atoms with van der Waals surface area (Å²) in [4.78, 5) is 23.2. The standard InChI is InChI=1S/3C16H21N.2C14H18N2/c1-8-9(2)13(6)16-15(11(8)4)12(5)10(3)14(7)17-16;2*1-8-9(2)11(4)16-14(7)17-13(6)12(5)15(16)10(8)3;1-7-8(2)10(4)14-13(9(7)3)11(5)15-12(6)16-14;1-7-8(2)10(4)14-12(6)16-15-11(5)13(14)9(7)3/h3*1-7H3;2*1-6H3. The van der Waals surface area contributed by atoms with Crippen LogP contribution in [0.25, 0.3) is 54.1 Å². The quantitative estimate of drug-likeness (QED) is 0.149. The van der Waals surface area contributed by atoms with Gasteiger partial charge in [0.15, 0.2) is 0 Å². The lowest BCUT2D eigenvalue weighted by Crippen LogP contribution is -2.01. The van der Waals surface area contributed by atoms with Crippen molar-refractivity contribution in [2.24, 2.45) is 0 Å². The summed E-state index contributed by atoms with van der Waals surface area (Å²) in [6.45, 7) is 71.4. The summed E-state index contributed by atoms with van der Waals surface area (Å²) in [7, 11) is 0. The van der Waals surface area contributed by atoms with Gasteiger partial charge < -0.3 is 0 Å². The zero-order valence-corrected chi connectivity index (χ0v) is 57.6. The Morgan fingerprint density at radius 3 is 0.699 bits per heavy atom. The van der Waals surface area contributed by atoms with Gasteiger partial charge in [0.25, 0.3) is 0 Å². The average Bonchev–Trinajstić information content (AvgIpc) is 3.62. The molecule has 5 aromatic carbocycles. The lowest BCUT2D eigenvalue weighted by Gasteiger charge is -2.18. The molecule has 7 nitrogen and oxygen atoms in total. The van der Waals surface area contributed by atoms with E-state index in [2.05, 4.69) is 238 Å². The average molecular weight is 1110 g/mol. The van der Waals surface area contributed by atoms with Crippen LogP contribution in [0.4, 0.5) is 0 Å². The molecule has 83 heavy (non-hydrogen) atoms. The van der Waals surface area contributed by atoms with Gasteiger partial charge in [-0.2, -0.15) is 10.2 Å². The lowest BCUT2D eigenvalue weighted by molar-refractivity contribution is 0.959. The van der Waals surface area contributed by atoms with Gasteiger partial charge in [0.2, 0.25) is 0 Å². The second kappa shape index (κ2) is 24.7. The zero-order chi connectivity index (χ0) is 62.8. The Hall–Kier alpha value is -6.99. The van der Waals surface area contributed by atoms with Crippen molar-refractivity contribution < 1.29 is 0 Å². The van der Waals surface area contributed by atoms with E-state index in [0.717, 1.165) is 56.9 Å². The number of hydrogen-bond donors (Lipinski definition) is 0. The summed E-state index contributed by atoms with van der Waals surface area (Å²) in [5, 5.41) is 19.1. The summed E-state index contributed by atoms with van der Waals surface area (Å²) in [5.41, 5.74) is 44.1. The maximum Gasteiger partial charge on any atom is 0.126 e. The van der Waals surface area contributed by atoms with E-state index in [1.165, 1.54) is 182 Å². The maximum atomic E-state index is 4.80. The molecule has 0 spiro atoms. The lowest BCUT2D eigenvalue weighted by atomic mass is 9.89. The Morgan fingerprint density at radius 1 is 0.133 bits per heavy atom. The minimum absolute atomic E-state index is 0.857. The van der Waals surface area contributed by atoms with Crippen LogP contribution in [-0.4, -0.2) is 35.1 Å². The van der Waals surface area contributed by atoms with Gasteiger partial charge in [-0.05, 0) is 373 Å². The van der Waals surface area contributed by atoms with Crippen molar-refractivity contribution in [2.45, 2.75) is 228 Å². The molecular formula is C76H99N7. The number of fused-ring (bicyclic) bond motifs is 5. The summed E-state index contributed by atoms with van der Waals surface area (Å²) in [5.74, 6) is 0.857.